The van der Waals surface area contributed by atoms with E-state index in [2.05, 4.69) is 72.1 Å². The number of rotatable bonds is 22. The van der Waals surface area contributed by atoms with Gasteiger partial charge in [0.1, 0.15) is 0 Å². The molecule has 0 aromatic rings. The summed E-state index contributed by atoms with van der Waals surface area (Å²) in [5.74, 6) is 0. The maximum atomic E-state index is 5.52. The first-order chi connectivity index (χ1) is 16.5. The van der Waals surface area contributed by atoms with E-state index in [0.717, 1.165) is 103 Å². The van der Waals surface area contributed by atoms with Crippen molar-refractivity contribution in [1.29, 1.82) is 0 Å². The van der Waals surface area contributed by atoms with Crippen LogP contribution in [-0.4, -0.2) is 39.3 Å². The fraction of sp³-hybridized carbons (Fsp3) is 1.00. The lowest BCUT2D eigenvalue weighted by molar-refractivity contribution is 0.731. The lowest BCUT2D eigenvalue weighted by Gasteiger charge is -2.38. The minimum Gasteiger partial charge on any atom is -0.253 e. The summed E-state index contributed by atoms with van der Waals surface area (Å²) in [5.41, 5.74) is 0. The zero-order valence-corrected chi connectivity index (χ0v) is 25.7. The Morgan fingerprint density at radius 2 is 0.588 bits per heavy atom. The molecule has 34 heavy (non-hydrogen) atoms. The fourth-order valence-corrected chi connectivity index (χ4v) is 15.6. The fourth-order valence-electron chi connectivity index (χ4n) is 3.35. The highest BCUT2D eigenvalue weighted by Gasteiger charge is 2.36. The quantitative estimate of drug-likeness (QED) is 0.0632. The lowest BCUT2D eigenvalue weighted by atomic mass is 10.3. The monoisotopic (exact) mass is 539 g/mol. The molecule has 0 spiro atoms. The number of hydrogen-bond donors (Lipinski definition) is 6. The minimum atomic E-state index is -2.37. The number of hydrogen-bond acceptors (Lipinski definition) is 9. The van der Waals surface area contributed by atoms with Gasteiger partial charge in [-0.1, -0.05) is 67.2 Å². The highest BCUT2D eigenvalue weighted by Crippen LogP contribution is 2.70. The maximum absolute atomic E-state index is 5.52. The van der Waals surface area contributed by atoms with E-state index in [1.807, 2.05) is 0 Å². The molecule has 6 N–H and O–H groups in total. The predicted molar refractivity (Wildman–Crippen MR) is 156 cm³/mol. The van der Waals surface area contributed by atoms with Crippen molar-refractivity contribution in [2.24, 2.45) is 13.5 Å². The van der Waals surface area contributed by atoms with Gasteiger partial charge < -0.3 is 0 Å². The second-order valence-electron chi connectivity index (χ2n) is 8.93. The second kappa shape index (κ2) is 18.7. The first-order valence-electron chi connectivity index (χ1n) is 13.9. The molecule has 12 heteroatoms. The Bertz CT molecular complexity index is 662. The summed E-state index contributed by atoms with van der Waals surface area (Å²) in [6.07, 6.45) is 11.2. The molecule has 0 saturated heterocycles. The van der Waals surface area contributed by atoms with Crippen molar-refractivity contribution in [3.8, 4) is 0 Å². The molecule has 2 unspecified atom stereocenters. The van der Waals surface area contributed by atoms with E-state index in [9.17, 15) is 0 Å². The molecule has 0 aliphatic carbocycles. The Hall–Kier alpha value is 0.450. The van der Waals surface area contributed by atoms with Crippen LogP contribution in [0.5, 0.6) is 0 Å². The molecule has 0 saturated carbocycles. The molecular weight excluding hydrogens is 483 g/mol. The number of nitrogens with one attached hydrogen (secondary N) is 6. The topological polar surface area (TPSA) is 109 Å². The summed E-state index contributed by atoms with van der Waals surface area (Å²) >= 11 is 0. The van der Waals surface area contributed by atoms with Crippen LogP contribution in [0.4, 0.5) is 0 Å². The molecule has 1 aliphatic rings. The highest BCUT2D eigenvalue weighted by molar-refractivity contribution is 7.83. The van der Waals surface area contributed by atoms with Crippen molar-refractivity contribution in [1.82, 2.24) is 30.5 Å². The van der Waals surface area contributed by atoms with Gasteiger partial charge >= 0.3 is 0 Å². The molecule has 0 radical (unpaired) electrons. The van der Waals surface area contributed by atoms with Gasteiger partial charge in [-0.2, -0.15) is 13.5 Å². The van der Waals surface area contributed by atoms with Gasteiger partial charge in [-0.05, 0) is 38.5 Å². The zero-order valence-electron chi connectivity index (χ0n) is 23.0. The number of nitrogens with zero attached hydrogens (tertiary/aromatic N) is 3. The van der Waals surface area contributed by atoms with Crippen molar-refractivity contribution < 1.29 is 0 Å². The third-order valence-electron chi connectivity index (χ3n) is 5.39. The van der Waals surface area contributed by atoms with E-state index in [-0.39, 0.29) is 0 Å². The van der Waals surface area contributed by atoms with Crippen LogP contribution in [0.1, 0.15) is 106 Å². The summed E-state index contributed by atoms with van der Waals surface area (Å²) in [5, 5.41) is 22.9. The molecule has 0 aromatic carbocycles. The summed E-state index contributed by atoms with van der Waals surface area (Å²) in [6, 6.07) is 0. The Kier molecular flexibility index (Phi) is 17.8. The van der Waals surface area contributed by atoms with Crippen LogP contribution in [0.25, 0.3) is 0 Å². The van der Waals surface area contributed by atoms with Gasteiger partial charge in [0.25, 0.3) is 0 Å². The van der Waals surface area contributed by atoms with E-state index in [1.54, 1.807) is 0 Å². The van der Waals surface area contributed by atoms with Gasteiger partial charge in [0.05, 0.1) is 0 Å². The molecule has 1 rings (SSSR count). The van der Waals surface area contributed by atoms with Crippen LogP contribution in [-0.2, 0) is 0 Å². The van der Waals surface area contributed by atoms with Gasteiger partial charge in [-0.15, -0.1) is 0 Å². The molecule has 1 aliphatic heterocycles. The first-order valence-corrected chi connectivity index (χ1v) is 19.0. The largest absolute Gasteiger partial charge is 0.253 e. The third-order valence-corrected chi connectivity index (χ3v) is 15.6. The SMILES string of the molecule is CCCCNP1(NCCC)=NP(NCCC)(NCCCC)=NP(NCCCC)(NCCCC)=N1. The van der Waals surface area contributed by atoms with Gasteiger partial charge in [-0.3, -0.25) is 30.5 Å². The van der Waals surface area contributed by atoms with Gasteiger partial charge in [0, 0.05) is 39.3 Å². The third kappa shape index (κ3) is 11.7. The molecule has 9 nitrogen and oxygen atoms in total. The average Bonchev–Trinajstić information content (AvgIpc) is 2.82. The highest BCUT2D eigenvalue weighted by atomic mass is 31.3. The van der Waals surface area contributed by atoms with Crippen LogP contribution in [0.2, 0.25) is 0 Å². The molecule has 0 aromatic heterocycles. The summed E-state index contributed by atoms with van der Waals surface area (Å²) < 4.78 is 16.6. The van der Waals surface area contributed by atoms with Crippen molar-refractivity contribution in [3.63, 3.8) is 0 Å². The van der Waals surface area contributed by atoms with E-state index >= 15 is 0 Å². The van der Waals surface area contributed by atoms with Crippen LogP contribution >= 0.6 is 22.5 Å². The van der Waals surface area contributed by atoms with Gasteiger partial charge in [-0.25, -0.2) is 0 Å². The van der Waals surface area contributed by atoms with Gasteiger partial charge in [0.2, 0.25) is 22.5 Å². The standard InChI is InChI=1S/C22H56N9P3/c1-7-13-19-25-32(23-17-11-5)29-33(24-18-12-6,26-20-14-8-2)31-34(30-32,27-21-15-9-3)28-22-16-10-4/h23-28H,7-22H2,1-6H3. The van der Waals surface area contributed by atoms with Crippen LogP contribution in [0.3, 0.4) is 0 Å². The Labute approximate surface area is 211 Å². The molecule has 0 amide bonds. The number of unbranched alkanes of at least 4 members (excludes halogenated alkanes) is 4. The zero-order chi connectivity index (χ0) is 25.2. The van der Waals surface area contributed by atoms with Gasteiger partial charge in [0.15, 0.2) is 0 Å². The molecule has 0 fully saturated rings. The van der Waals surface area contributed by atoms with E-state index in [0.29, 0.717) is 0 Å². The first kappa shape index (κ1) is 32.5. The Morgan fingerprint density at radius 1 is 0.353 bits per heavy atom. The molecule has 204 valence electrons. The van der Waals surface area contributed by atoms with Crippen molar-refractivity contribution in [2.75, 3.05) is 39.3 Å². The van der Waals surface area contributed by atoms with Crippen molar-refractivity contribution in [2.45, 2.75) is 106 Å². The Balaban J connectivity index is 3.69. The van der Waals surface area contributed by atoms with E-state index in [4.69, 9.17) is 13.5 Å². The summed E-state index contributed by atoms with van der Waals surface area (Å²) in [6.45, 7) is 18.8. The Morgan fingerprint density at radius 3 is 0.794 bits per heavy atom. The van der Waals surface area contributed by atoms with Crippen LogP contribution in [0, 0.1) is 0 Å². The molecule has 2 atom stereocenters. The minimum absolute atomic E-state index is 0.895. The van der Waals surface area contributed by atoms with E-state index < -0.39 is 22.5 Å². The normalized spacial score (nSPS) is 23.8. The maximum Gasteiger partial charge on any atom is 0.215 e. The summed E-state index contributed by atoms with van der Waals surface area (Å²) in [4.78, 5) is 0. The predicted octanol–water partition coefficient (Wildman–Crippen LogP) is 7.40. The van der Waals surface area contributed by atoms with Crippen molar-refractivity contribution in [3.05, 3.63) is 0 Å². The molecule has 1 heterocycles. The molecular formula is C22H56N9P3. The van der Waals surface area contributed by atoms with Crippen molar-refractivity contribution >= 4 is 22.5 Å². The van der Waals surface area contributed by atoms with E-state index in [1.165, 1.54) is 0 Å². The lowest BCUT2D eigenvalue weighted by Crippen LogP contribution is -2.32. The van der Waals surface area contributed by atoms with Crippen LogP contribution in [0.15, 0.2) is 13.5 Å². The second-order valence-corrected chi connectivity index (χ2v) is 16.6. The summed E-state index contributed by atoms with van der Waals surface area (Å²) in [7, 11) is -7.09. The smallest absolute Gasteiger partial charge is 0.215 e. The average molecular weight is 540 g/mol. The molecule has 0 bridgehead atoms. The van der Waals surface area contributed by atoms with Crippen LogP contribution < -0.4 is 30.5 Å².